The van der Waals surface area contributed by atoms with Crippen molar-refractivity contribution < 1.29 is 22.7 Å². The molecular formula is C15H18ClN3O5S. The van der Waals surface area contributed by atoms with Crippen LogP contribution in [0.3, 0.4) is 0 Å². The van der Waals surface area contributed by atoms with Gasteiger partial charge in [-0.2, -0.15) is 5.26 Å². The number of esters is 1. The fourth-order valence-electron chi connectivity index (χ4n) is 1.69. The van der Waals surface area contributed by atoms with Crippen LogP contribution in [-0.2, 0) is 19.6 Å². The Hall–Kier alpha value is -2.15. The number of ether oxygens (including phenoxy) is 1. The number of halogens is 1. The van der Waals surface area contributed by atoms with Crippen LogP contribution in [0.15, 0.2) is 23.1 Å². The van der Waals surface area contributed by atoms with E-state index in [1.807, 2.05) is 6.07 Å². The van der Waals surface area contributed by atoms with E-state index in [4.69, 9.17) is 21.6 Å². The van der Waals surface area contributed by atoms with Gasteiger partial charge in [0.05, 0.1) is 28.0 Å². The van der Waals surface area contributed by atoms with Crippen molar-refractivity contribution in [2.24, 2.45) is 0 Å². The monoisotopic (exact) mass is 387 g/mol. The lowest BCUT2D eigenvalue weighted by atomic mass is 10.2. The molecule has 25 heavy (non-hydrogen) atoms. The zero-order valence-electron chi connectivity index (χ0n) is 14.0. The van der Waals surface area contributed by atoms with E-state index in [0.717, 1.165) is 10.4 Å². The van der Waals surface area contributed by atoms with Gasteiger partial charge in [0, 0.05) is 27.7 Å². The molecule has 1 aromatic carbocycles. The standard InChI is InChI=1S/C15H18ClN3O5S/c1-18(2)25(22,23)11-5-6-13(16)12(9-11)15(21)24-10-14(20)19(3)8-4-7-17/h5-6,9H,4,8,10H2,1-3H3. The van der Waals surface area contributed by atoms with E-state index in [1.54, 1.807) is 0 Å². The number of benzene rings is 1. The van der Waals surface area contributed by atoms with E-state index in [-0.39, 0.29) is 28.4 Å². The second-order valence-corrected chi connectivity index (χ2v) is 7.79. The SMILES string of the molecule is CN(CCC#N)C(=O)COC(=O)c1cc(S(=O)(=O)N(C)C)ccc1Cl. The van der Waals surface area contributed by atoms with Crippen LogP contribution in [0, 0.1) is 11.3 Å². The predicted octanol–water partition coefficient (Wildman–Crippen LogP) is 1.12. The summed E-state index contributed by atoms with van der Waals surface area (Å²) in [6, 6.07) is 5.55. The van der Waals surface area contributed by atoms with Crippen LogP contribution < -0.4 is 0 Å². The molecule has 10 heteroatoms. The lowest BCUT2D eigenvalue weighted by Crippen LogP contribution is -2.32. The topological polar surface area (TPSA) is 108 Å². The maximum absolute atomic E-state index is 12.1. The molecule has 0 bridgehead atoms. The number of hydrogen-bond acceptors (Lipinski definition) is 6. The minimum Gasteiger partial charge on any atom is -0.452 e. The Kier molecular flexibility index (Phi) is 7.36. The summed E-state index contributed by atoms with van der Waals surface area (Å²) in [5.74, 6) is -1.40. The molecule has 1 aromatic rings. The maximum Gasteiger partial charge on any atom is 0.340 e. The lowest BCUT2D eigenvalue weighted by Gasteiger charge is -2.16. The Morgan fingerprint density at radius 1 is 1.28 bits per heavy atom. The maximum atomic E-state index is 12.1. The third kappa shape index (κ3) is 5.42. The highest BCUT2D eigenvalue weighted by Gasteiger charge is 2.22. The molecule has 136 valence electrons. The quantitative estimate of drug-likeness (QED) is 0.649. The van der Waals surface area contributed by atoms with E-state index < -0.39 is 28.5 Å². The fourth-order valence-corrected chi connectivity index (χ4v) is 2.81. The number of sulfonamides is 1. The minimum absolute atomic E-state index is 0.00740. The summed E-state index contributed by atoms with van der Waals surface area (Å²) in [5, 5.41) is 8.49. The third-order valence-corrected chi connectivity index (χ3v) is 5.39. The second-order valence-electron chi connectivity index (χ2n) is 5.23. The number of rotatable bonds is 7. The first-order valence-electron chi connectivity index (χ1n) is 7.11. The molecule has 0 aliphatic carbocycles. The Labute approximate surface area is 151 Å². The average Bonchev–Trinajstić information content (AvgIpc) is 2.57. The van der Waals surface area contributed by atoms with Crippen LogP contribution in [0.1, 0.15) is 16.8 Å². The van der Waals surface area contributed by atoms with Gasteiger partial charge in [0.15, 0.2) is 6.61 Å². The summed E-state index contributed by atoms with van der Waals surface area (Å²) < 4.78 is 30.1. The van der Waals surface area contributed by atoms with Gasteiger partial charge in [-0.05, 0) is 18.2 Å². The molecule has 0 aliphatic heterocycles. The Morgan fingerprint density at radius 3 is 2.48 bits per heavy atom. The molecular weight excluding hydrogens is 370 g/mol. The van der Waals surface area contributed by atoms with Gasteiger partial charge in [-0.25, -0.2) is 17.5 Å². The summed E-state index contributed by atoms with van der Waals surface area (Å²) >= 11 is 5.93. The molecule has 0 radical (unpaired) electrons. The van der Waals surface area contributed by atoms with Crippen molar-refractivity contribution in [1.82, 2.24) is 9.21 Å². The Balaban J connectivity index is 2.89. The highest BCUT2D eigenvalue weighted by molar-refractivity contribution is 7.89. The predicted molar refractivity (Wildman–Crippen MR) is 90.5 cm³/mol. The third-order valence-electron chi connectivity index (χ3n) is 3.25. The molecule has 1 rings (SSSR count). The van der Waals surface area contributed by atoms with Gasteiger partial charge in [-0.1, -0.05) is 11.6 Å². The number of carbonyl (C=O) groups is 2. The molecule has 0 fully saturated rings. The normalized spacial score (nSPS) is 11.0. The van der Waals surface area contributed by atoms with Gasteiger partial charge in [-0.3, -0.25) is 4.79 Å². The largest absolute Gasteiger partial charge is 0.452 e. The van der Waals surface area contributed by atoms with Crippen molar-refractivity contribution in [2.75, 3.05) is 34.3 Å². The zero-order chi connectivity index (χ0) is 19.2. The first-order valence-corrected chi connectivity index (χ1v) is 8.93. The van der Waals surface area contributed by atoms with E-state index in [0.29, 0.717) is 0 Å². The number of hydrogen-bond donors (Lipinski definition) is 0. The smallest absolute Gasteiger partial charge is 0.340 e. The van der Waals surface area contributed by atoms with Gasteiger partial charge in [0.1, 0.15) is 0 Å². The van der Waals surface area contributed by atoms with Crippen molar-refractivity contribution in [1.29, 1.82) is 5.26 Å². The molecule has 0 N–H and O–H groups in total. The Bertz CT molecular complexity index is 802. The molecule has 0 atom stereocenters. The summed E-state index contributed by atoms with van der Waals surface area (Å²) in [7, 11) is 0.451. The number of carbonyl (C=O) groups excluding carboxylic acids is 2. The van der Waals surface area contributed by atoms with E-state index in [2.05, 4.69) is 0 Å². The van der Waals surface area contributed by atoms with Crippen molar-refractivity contribution >= 4 is 33.5 Å². The van der Waals surface area contributed by atoms with E-state index in [9.17, 15) is 18.0 Å². The number of nitrogens with zero attached hydrogens (tertiary/aromatic N) is 3. The van der Waals surface area contributed by atoms with Gasteiger partial charge < -0.3 is 9.64 Å². The fraction of sp³-hybridized carbons (Fsp3) is 0.400. The minimum atomic E-state index is -3.74. The van der Waals surface area contributed by atoms with Gasteiger partial charge in [0.25, 0.3) is 5.91 Å². The van der Waals surface area contributed by atoms with E-state index >= 15 is 0 Å². The summed E-state index contributed by atoms with van der Waals surface area (Å²) in [6.45, 7) is -0.327. The van der Waals surface area contributed by atoms with Gasteiger partial charge in [0.2, 0.25) is 10.0 Å². The van der Waals surface area contributed by atoms with Crippen LogP contribution >= 0.6 is 11.6 Å². The molecule has 1 amide bonds. The summed E-state index contributed by atoms with van der Waals surface area (Å²) in [5.41, 5.74) is -0.155. The summed E-state index contributed by atoms with van der Waals surface area (Å²) in [6.07, 6.45) is 0.159. The van der Waals surface area contributed by atoms with Crippen LogP contribution in [-0.4, -0.2) is 63.8 Å². The molecule has 0 heterocycles. The highest BCUT2D eigenvalue weighted by Crippen LogP contribution is 2.22. The average molecular weight is 388 g/mol. The van der Waals surface area contributed by atoms with E-state index in [1.165, 1.54) is 38.2 Å². The molecule has 0 aliphatic rings. The number of nitriles is 1. The lowest BCUT2D eigenvalue weighted by molar-refractivity contribution is -0.133. The first kappa shape index (κ1) is 20.9. The van der Waals surface area contributed by atoms with Crippen LogP contribution in [0.5, 0.6) is 0 Å². The van der Waals surface area contributed by atoms with Crippen LogP contribution in [0.2, 0.25) is 5.02 Å². The van der Waals surface area contributed by atoms with Crippen molar-refractivity contribution in [3.63, 3.8) is 0 Å². The van der Waals surface area contributed by atoms with Crippen LogP contribution in [0.25, 0.3) is 0 Å². The molecule has 0 saturated heterocycles. The second kappa shape index (κ2) is 8.80. The van der Waals surface area contributed by atoms with Crippen molar-refractivity contribution in [3.05, 3.63) is 28.8 Å². The van der Waals surface area contributed by atoms with Gasteiger partial charge in [-0.15, -0.1) is 0 Å². The molecule has 0 aromatic heterocycles. The number of amides is 1. The molecule has 0 unspecified atom stereocenters. The van der Waals surface area contributed by atoms with Crippen LogP contribution in [0.4, 0.5) is 0 Å². The van der Waals surface area contributed by atoms with Crippen molar-refractivity contribution in [3.8, 4) is 6.07 Å². The molecule has 0 saturated carbocycles. The highest BCUT2D eigenvalue weighted by atomic mass is 35.5. The molecule has 8 nitrogen and oxygen atoms in total. The first-order chi connectivity index (χ1) is 11.6. The number of likely N-dealkylation sites (N-methyl/N-ethyl adjacent to an activating group) is 1. The Morgan fingerprint density at radius 2 is 1.92 bits per heavy atom. The zero-order valence-corrected chi connectivity index (χ0v) is 15.6. The van der Waals surface area contributed by atoms with Gasteiger partial charge >= 0.3 is 5.97 Å². The summed E-state index contributed by atoms with van der Waals surface area (Å²) in [4.78, 5) is 25.0. The van der Waals surface area contributed by atoms with Crippen molar-refractivity contribution in [2.45, 2.75) is 11.3 Å². The molecule has 0 spiro atoms.